The zero-order valence-corrected chi connectivity index (χ0v) is 28.9. The summed E-state index contributed by atoms with van der Waals surface area (Å²) >= 11 is 0. The minimum Gasteiger partial charge on any atom is -0.462 e. The Morgan fingerprint density at radius 2 is 1.50 bits per heavy atom. The van der Waals surface area contributed by atoms with Gasteiger partial charge in [-0.15, -0.1) is 0 Å². The van der Waals surface area contributed by atoms with Gasteiger partial charge in [0.1, 0.15) is 12.2 Å². The summed E-state index contributed by atoms with van der Waals surface area (Å²) < 4.78 is 11.9. The molecule has 6 aliphatic rings. The molecule has 8 atom stereocenters. The van der Waals surface area contributed by atoms with Gasteiger partial charge in [-0.1, -0.05) is 54.9 Å². The Balaban J connectivity index is 1.33. The molecule has 5 saturated carbocycles. The summed E-state index contributed by atoms with van der Waals surface area (Å²) in [5, 5.41) is 3.39. The number of amides is 1. The standard InChI is InChI=1S/C38H59NO5/c1-23(2)31-27(41)22-38(39-33(42)44-25-12-10-9-11-13-25)21-20-36(7)26(32(31)38)14-15-29-35(6)18-17-30(43-24(3)40)34(4,5)28(35)16-19-37(29,36)8/h23,25-26,28-30H,9-22H2,1-8H3,(H,39,42)/t26?,28?,29?,30-,35-,36+,37+,38+/m0/s1. The third-order valence-corrected chi connectivity index (χ3v) is 14.8. The highest BCUT2D eigenvalue weighted by Gasteiger charge is 2.70. The van der Waals surface area contributed by atoms with Crippen molar-refractivity contribution < 1.29 is 23.9 Å². The van der Waals surface area contributed by atoms with Crippen molar-refractivity contribution in [1.29, 1.82) is 0 Å². The Labute approximate surface area is 266 Å². The molecule has 6 rings (SSSR count). The first-order chi connectivity index (χ1) is 20.6. The van der Waals surface area contributed by atoms with Crippen molar-refractivity contribution in [3.8, 4) is 0 Å². The zero-order chi connectivity index (χ0) is 31.9. The number of alkyl carbamates (subject to hydrolysis) is 1. The first kappa shape index (κ1) is 32.1. The van der Waals surface area contributed by atoms with Gasteiger partial charge in [0.05, 0.1) is 5.54 Å². The van der Waals surface area contributed by atoms with Crippen LogP contribution >= 0.6 is 0 Å². The fourth-order valence-corrected chi connectivity index (χ4v) is 12.7. The molecule has 1 amide bonds. The summed E-state index contributed by atoms with van der Waals surface area (Å²) in [5.74, 6) is 1.55. The molecule has 0 spiro atoms. The Morgan fingerprint density at radius 1 is 0.795 bits per heavy atom. The van der Waals surface area contributed by atoms with Gasteiger partial charge in [0.25, 0.3) is 0 Å². The molecule has 0 saturated heterocycles. The maximum Gasteiger partial charge on any atom is 0.408 e. The van der Waals surface area contributed by atoms with Gasteiger partial charge in [0.15, 0.2) is 5.78 Å². The van der Waals surface area contributed by atoms with E-state index in [1.54, 1.807) is 6.92 Å². The van der Waals surface area contributed by atoms with Crippen LogP contribution in [0.2, 0.25) is 0 Å². The second-order valence-corrected chi connectivity index (χ2v) is 17.5. The Morgan fingerprint density at radius 3 is 2.16 bits per heavy atom. The van der Waals surface area contributed by atoms with Crippen molar-refractivity contribution in [2.24, 2.45) is 45.3 Å². The summed E-state index contributed by atoms with van der Waals surface area (Å²) in [5.41, 5.74) is 1.93. The highest BCUT2D eigenvalue weighted by Crippen LogP contribution is 2.75. The molecular formula is C38H59NO5. The van der Waals surface area contributed by atoms with Gasteiger partial charge >= 0.3 is 12.1 Å². The summed E-state index contributed by atoms with van der Waals surface area (Å²) in [6, 6.07) is 0. The molecule has 6 aliphatic carbocycles. The largest absolute Gasteiger partial charge is 0.462 e. The van der Waals surface area contributed by atoms with Crippen LogP contribution in [0.1, 0.15) is 145 Å². The summed E-state index contributed by atoms with van der Waals surface area (Å²) in [6.07, 6.45) is 13.7. The minimum absolute atomic E-state index is 0.00595. The third-order valence-electron chi connectivity index (χ3n) is 14.8. The summed E-state index contributed by atoms with van der Waals surface area (Å²) in [7, 11) is 0. The van der Waals surface area contributed by atoms with Gasteiger partial charge in [-0.25, -0.2) is 4.79 Å². The fourth-order valence-electron chi connectivity index (χ4n) is 12.7. The van der Waals surface area contributed by atoms with Gasteiger partial charge < -0.3 is 14.8 Å². The van der Waals surface area contributed by atoms with Crippen molar-refractivity contribution in [3.63, 3.8) is 0 Å². The van der Waals surface area contributed by atoms with E-state index < -0.39 is 5.54 Å². The number of ketones is 1. The first-order valence-electron chi connectivity index (χ1n) is 18.0. The van der Waals surface area contributed by atoms with Crippen LogP contribution in [0.25, 0.3) is 0 Å². The van der Waals surface area contributed by atoms with Crippen LogP contribution in [0.5, 0.6) is 0 Å². The molecule has 1 N–H and O–H groups in total. The molecule has 0 radical (unpaired) electrons. The van der Waals surface area contributed by atoms with Gasteiger partial charge in [-0.2, -0.15) is 0 Å². The van der Waals surface area contributed by atoms with Gasteiger partial charge in [0, 0.05) is 18.8 Å². The van der Waals surface area contributed by atoms with Crippen molar-refractivity contribution in [1.82, 2.24) is 5.32 Å². The lowest BCUT2D eigenvalue weighted by atomic mass is 9.33. The monoisotopic (exact) mass is 609 g/mol. The number of hydrogen-bond donors (Lipinski definition) is 1. The van der Waals surface area contributed by atoms with E-state index in [9.17, 15) is 14.4 Å². The maximum absolute atomic E-state index is 13.8. The van der Waals surface area contributed by atoms with Crippen molar-refractivity contribution in [3.05, 3.63) is 11.1 Å². The van der Waals surface area contributed by atoms with Crippen LogP contribution < -0.4 is 5.32 Å². The smallest absolute Gasteiger partial charge is 0.408 e. The second kappa shape index (κ2) is 10.9. The van der Waals surface area contributed by atoms with Crippen molar-refractivity contribution >= 4 is 17.8 Å². The number of rotatable bonds is 4. The van der Waals surface area contributed by atoms with Gasteiger partial charge in [-0.3, -0.25) is 9.59 Å². The van der Waals surface area contributed by atoms with Crippen LogP contribution in [0, 0.1) is 45.3 Å². The van der Waals surface area contributed by atoms with Crippen LogP contribution in [-0.2, 0) is 19.1 Å². The molecular weight excluding hydrogens is 550 g/mol. The summed E-state index contributed by atoms with van der Waals surface area (Å²) in [6.45, 7) is 18.2. The normalized spacial score (nSPS) is 43.4. The van der Waals surface area contributed by atoms with E-state index in [1.165, 1.54) is 12.0 Å². The average Bonchev–Trinajstić information content (AvgIpc) is 3.22. The SMILES string of the molecule is CC(=O)O[C@H]1CC[C@@]2(C)C(CC[C@]3(C)C2CCC2C4=C(C(C)C)C(=O)C[C@]4(NC(=O)OC4CCCCC4)CC[C@]23C)C1(C)C. The number of allylic oxidation sites excluding steroid dienone is 1. The van der Waals surface area contributed by atoms with E-state index in [4.69, 9.17) is 9.47 Å². The molecule has 5 fully saturated rings. The predicted molar refractivity (Wildman–Crippen MR) is 172 cm³/mol. The van der Waals surface area contributed by atoms with E-state index in [0.717, 1.165) is 82.6 Å². The van der Waals surface area contributed by atoms with Crippen LogP contribution in [0.3, 0.4) is 0 Å². The lowest BCUT2D eigenvalue weighted by Gasteiger charge is -2.72. The summed E-state index contributed by atoms with van der Waals surface area (Å²) in [4.78, 5) is 39.3. The second-order valence-electron chi connectivity index (χ2n) is 17.5. The van der Waals surface area contributed by atoms with E-state index in [-0.39, 0.29) is 63.5 Å². The van der Waals surface area contributed by atoms with E-state index in [0.29, 0.717) is 18.3 Å². The number of carbonyl (C=O) groups is 3. The molecule has 6 heteroatoms. The predicted octanol–water partition coefficient (Wildman–Crippen LogP) is 8.71. The molecule has 44 heavy (non-hydrogen) atoms. The quantitative estimate of drug-likeness (QED) is 0.323. The number of ether oxygens (including phenoxy) is 2. The molecule has 0 aromatic rings. The number of esters is 1. The Bertz CT molecular complexity index is 1230. The van der Waals surface area contributed by atoms with E-state index in [2.05, 4.69) is 53.8 Å². The number of carbonyl (C=O) groups excluding carboxylic acids is 3. The maximum atomic E-state index is 13.8. The Hall–Kier alpha value is -1.85. The molecule has 0 heterocycles. The van der Waals surface area contributed by atoms with Crippen molar-refractivity contribution in [2.75, 3.05) is 0 Å². The lowest BCUT2D eigenvalue weighted by Crippen LogP contribution is -2.67. The average molecular weight is 610 g/mol. The molecule has 6 nitrogen and oxygen atoms in total. The molecule has 3 unspecified atom stereocenters. The number of nitrogens with one attached hydrogen (secondary N) is 1. The van der Waals surface area contributed by atoms with Crippen molar-refractivity contribution in [2.45, 2.75) is 163 Å². The zero-order valence-electron chi connectivity index (χ0n) is 28.9. The number of fused-ring (bicyclic) bond motifs is 7. The molecule has 0 aliphatic heterocycles. The van der Waals surface area contributed by atoms with Crippen LogP contribution in [-0.4, -0.2) is 35.6 Å². The highest BCUT2D eigenvalue weighted by atomic mass is 16.6. The number of Topliss-reactive ketones (excluding diaryl/α,β-unsaturated/α-hetero) is 1. The lowest BCUT2D eigenvalue weighted by molar-refractivity contribution is -0.231. The van der Waals surface area contributed by atoms with Crippen LogP contribution in [0.4, 0.5) is 4.79 Å². The topological polar surface area (TPSA) is 81.7 Å². The first-order valence-corrected chi connectivity index (χ1v) is 18.0. The molecule has 0 aromatic carbocycles. The molecule has 0 bridgehead atoms. The minimum atomic E-state index is -0.610. The van der Waals surface area contributed by atoms with E-state index >= 15 is 0 Å². The molecule has 0 aromatic heterocycles. The third kappa shape index (κ3) is 4.64. The highest BCUT2D eigenvalue weighted by molar-refractivity contribution is 6.02. The number of hydrogen-bond acceptors (Lipinski definition) is 5. The fraction of sp³-hybridized carbons (Fsp3) is 0.868. The van der Waals surface area contributed by atoms with E-state index in [1.807, 2.05) is 0 Å². The Kier molecular flexibility index (Phi) is 7.93. The molecule has 246 valence electrons. The van der Waals surface area contributed by atoms with Gasteiger partial charge in [-0.05, 0) is 128 Å². The van der Waals surface area contributed by atoms with Crippen LogP contribution in [0.15, 0.2) is 11.1 Å². The van der Waals surface area contributed by atoms with Gasteiger partial charge in [0.2, 0.25) is 0 Å².